The number of carbonyl (C=O) groups excluding carboxylic acids is 1. The third-order valence-corrected chi connectivity index (χ3v) is 13.1. The summed E-state index contributed by atoms with van der Waals surface area (Å²) in [5.74, 6) is 3.11. The SMILES string of the molecule is CCCCCN(C(=O)CCCCCCCCCCc1ccccc1)[C@H]1CC[C@H]2[C@H]3Cc4ccc(OC)c5c4[C@@]2(CCN3CC2CC2O)[C@H]1O5. The first-order valence-electron chi connectivity index (χ1n) is 20.2. The number of carbonyl (C=O) groups is 1. The van der Waals surface area contributed by atoms with Gasteiger partial charge in [-0.3, -0.25) is 9.69 Å². The van der Waals surface area contributed by atoms with E-state index in [0.29, 0.717) is 30.2 Å². The van der Waals surface area contributed by atoms with Gasteiger partial charge in [0.25, 0.3) is 0 Å². The second-order valence-corrected chi connectivity index (χ2v) is 16.1. The van der Waals surface area contributed by atoms with E-state index >= 15 is 0 Å². The highest BCUT2D eigenvalue weighted by Crippen LogP contribution is 2.64. The molecular formula is C43H62N2O4. The van der Waals surface area contributed by atoms with Crippen LogP contribution in [0.2, 0.25) is 0 Å². The van der Waals surface area contributed by atoms with Gasteiger partial charge in [0.2, 0.25) is 5.91 Å². The van der Waals surface area contributed by atoms with E-state index in [1.807, 2.05) is 0 Å². The van der Waals surface area contributed by atoms with Gasteiger partial charge in [0.15, 0.2) is 11.5 Å². The zero-order valence-electron chi connectivity index (χ0n) is 30.4. The summed E-state index contributed by atoms with van der Waals surface area (Å²) >= 11 is 0. The van der Waals surface area contributed by atoms with Gasteiger partial charge in [-0.1, -0.05) is 94.7 Å². The first-order valence-corrected chi connectivity index (χ1v) is 20.2. The highest BCUT2D eigenvalue weighted by Gasteiger charge is 2.67. The van der Waals surface area contributed by atoms with Crippen LogP contribution in [0.1, 0.15) is 126 Å². The highest BCUT2D eigenvalue weighted by molar-refractivity contribution is 5.77. The van der Waals surface area contributed by atoms with Crippen LogP contribution in [-0.2, 0) is 23.1 Å². The molecule has 1 amide bonds. The number of aliphatic hydroxyl groups is 1. The largest absolute Gasteiger partial charge is 0.493 e. The molecule has 268 valence electrons. The molecule has 2 unspecified atom stereocenters. The van der Waals surface area contributed by atoms with Crippen molar-refractivity contribution in [1.82, 2.24) is 9.80 Å². The number of rotatable bonds is 19. The summed E-state index contributed by atoms with van der Waals surface area (Å²) in [5.41, 5.74) is 4.22. The van der Waals surface area contributed by atoms with Gasteiger partial charge < -0.3 is 19.5 Å². The van der Waals surface area contributed by atoms with Crippen LogP contribution in [0.5, 0.6) is 11.5 Å². The molecule has 1 saturated heterocycles. The van der Waals surface area contributed by atoms with Crippen molar-refractivity contribution in [1.29, 1.82) is 0 Å². The molecule has 2 aromatic carbocycles. The fourth-order valence-corrected chi connectivity index (χ4v) is 10.5. The molecule has 0 radical (unpaired) electrons. The van der Waals surface area contributed by atoms with E-state index in [-0.39, 0.29) is 23.7 Å². The van der Waals surface area contributed by atoms with Crippen LogP contribution in [0.15, 0.2) is 42.5 Å². The molecule has 0 aromatic heterocycles. The second-order valence-electron chi connectivity index (χ2n) is 16.1. The highest BCUT2D eigenvalue weighted by atomic mass is 16.5. The summed E-state index contributed by atoms with van der Waals surface area (Å²) in [4.78, 5) is 19.2. The van der Waals surface area contributed by atoms with Crippen LogP contribution >= 0.6 is 0 Å². The van der Waals surface area contributed by atoms with Gasteiger partial charge in [-0.2, -0.15) is 0 Å². The number of methoxy groups -OCH3 is 1. The molecule has 2 bridgehead atoms. The van der Waals surface area contributed by atoms with Crippen molar-refractivity contribution in [3.8, 4) is 11.5 Å². The first-order chi connectivity index (χ1) is 24.0. The Kier molecular flexibility index (Phi) is 11.2. The van der Waals surface area contributed by atoms with Crippen molar-refractivity contribution >= 4 is 5.91 Å². The van der Waals surface area contributed by atoms with Crippen LogP contribution in [0.4, 0.5) is 0 Å². The molecule has 2 aliphatic heterocycles. The molecule has 2 aromatic rings. The third-order valence-electron chi connectivity index (χ3n) is 13.1. The molecular weight excluding hydrogens is 608 g/mol. The molecule has 2 heterocycles. The second kappa shape index (κ2) is 15.8. The fourth-order valence-electron chi connectivity index (χ4n) is 10.5. The molecule has 5 aliphatic rings. The van der Waals surface area contributed by atoms with Gasteiger partial charge in [0.1, 0.15) is 6.10 Å². The Morgan fingerprint density at radius 3 is 2.47 bits per heavy atom. The number of benzene rings is 2. The number of nitrogens with zero attached hydrogens (tertiary/aromatic N) is 2. The van der Waals surface area contributed by atoms with Crippen LogP contribution in [-0.4, -0.2) is 71.8 Å². The maximum Gasteiger partial charge on any atom is 0.222 e. The van der Waals surface area contributed by atoms with Crippen molar-refractivity contribution in [3.05, 3.63) is 59.2 Å². The van der Waals surface area contributed by atoms with Gasteiger partial charge in [-0.25, -0.2) is 0 Å². The Morgan fingerprint density at radius 1 is 0.980 bits per heavy atom. The predicted molar refractivity (Wildman–Crippen MR) is 196 cm³/mol. The van der Waals surface area contributed by atoms with Gasteiger partial charge in [0, 0.05) is 42.4 Å². The van der Waals surface area contributed by atoms with E-state index in [4.69, 9.17) is 9.47 Å². The van der Waals surface area contributed by atoms with Crippen molar-refractivity contribution in [2.75, 3.05) is 26.7 Å². The lowest BCUT2D eigenvalue weighted by Gasteiger charge is -2.60. The van der Waals surface area contributed by atoms with Gasteiger partial charge >= 0.3 is 0 Å². The first kappa shape index (κ1) is 34.9. The molecule has 6 nitrogen and oxygen atoms in total. The smallest absolute Gasteiger partial charge is 0.222 e. The lowest BCUT2D eigenvalue weighted by Crippen LogP contribution is -2.69. The topological polar surface area (TPSA) is 62.2 Å². The Balaban J connectivity index is 0.981. The third kappa shape index (κ3) is 7.16. The van der Waals surface area contributed by atoms with E-state index in [9.17, 15) is 9.90 Å². The molecule has 3 fully saturated rings. The molecule has 1 spiro atoms. The minimum absolute atomic E-state index is 0.0137. The maximum atomic E-state index is 14.2. The molecule has 1 N–H and O–H groups in total. The van der Waals surface area contributed by atoms with Gasteiger partial charge in [-0.15, -0.1) is 0 Å². The van der Waals surface area contributed by atoms with Crippen LogP contribution in [0.3, 0.4) is 0 Å². The molecule has 2 saturated carbocycles. The summed E-state index contributed by atoms with van der Waals surface area (Å²) < 4.78 is 13.1. The average Bonchev–Trinajstić information content (AvgIpc) is 3.70. The zero-order chi connectivity index (χ0) is 33.8. The van der Waals surface area contributed by atoms with Crippen molar-refractivity contribution in [2.45, 2.75) is 152 Å². The summed E-state index contributed by atoms with van der Waals surface area (Å²) in [6.07, 6.45) is 20.2. The van der Waals surface area contributed by atoms with E-state index < -0.39 is 0 Å². The van der Waals surface area contributed by atoms with E-state index in [1.165, 1.54) is 61.6 Å². The molecule has 7 atom stereocenters. The number of piperidine rings is 1. The quantitative estimate of drug-likeness (QED) is 0.153. The van der Waals surface area contributed by atoms with Crippen LogP contribution in [0.25, 0.3) is 0 Å². The minimum atomic E-state index is -0.112. The summed E-state index contributed by atoms with van der Waals surface area (Å²) in [5, 5.41) is 10.2. The standard InChI is InChI=1S/C43H62N2O4/c1-3-4-16-26-45(39(47)20-15-10-8-6-5-7-9-12-17-31-18-13-11-14-19-31)35-23-22-34-36-28-32-21-24-38(48-2)41-40(32)43(34,42(35)49-41)25-27-44(36)30-33-29-37(33)46/h11,13-14,18-19,21,24,33-37,42,46H,3-10,12,15-17,20,22-23,25-30H2,1-2H3/t33?,34-,35-,36+,37?,42-,43-/m0/s1. The number of likely N-dealkylation sites (tertiary alicyclic amines) is 1. The maximum absolute atomic E-state index is 14.2. The summed E-state index contributed by atoms with van der Waals surface area (Å²) in [6, 6.07) is 15.8. The number of hydrogen-bond acceptors (Lipinski definition) is 5. The monoisotopic (exact) mass is 670 g/mol. The van der Waals surface area contributed by atoms with Gasteiger partial charge in [-0.05, 0) is 87.4 Å². The van der Waals surface area contributed by atoms with E-state index in [2.05, 4.69) is 59.2 Å². The minimum Gasteiger partial charge on any atom is -0.493 e. The van der Waals surface area contributed by atoms with Crippen molar-refractivity contribution in [3.63, 3.8) is 0 Å². The van der Waals surface area contributed by atoms with E-state index in [0.717, 1.165) is 95.3 Å². The number of ether oxygens (including phenoxy) is 2. The average molecular weight is 671 g/mol. The molecule has 49 heavy (non-hydrogen) atoms. The summed E-state index contributed by atoms with van der Waals surface area (Å²) in [6.45, 7) is 5.16. The fraction of sp³-hybridized carbons (Fsp3) is 0.698. The van der Waals surface area contributed by atoms with E-state index in [1.54, 1.807) is 7.11 Å². The number of hydrogen-bond donors (Lipinski definition) is 1. The Bertz CT molecular complexity index is 1400. The van der Waals surface area contributed by atoms with Crippen molar-refractivity contribution in [2.24, 2.45) is 11.8 Å². The lowest BCUT2D eigenvalue weighted by atomic mass is 9.51. The van der Waals surface area contributed by atoms with Crippen molar-refractivity contribution < 1.29 is 19.4 Å². The number of amides is 1. The Hall–Kier alpha value is -2.57. The zero-order valence-corrected chi connectivity index (χ0v) is 30.4. The van der Waals surface area contributed by atoms with Crippen LogP contribution in [0, 0.1) is 11.8 Å². The number of unbranched alkanes of at least 4 members (excludes halogenated alkanes) is 9. The van der Waals surface area contributed by atoms with Crippen LogP contribution < -0.4 is 9.47 Å². The number of aliphatic hydroxyl groups excluding tert-OH is 1. The normalized spacial score (nSPS) is 29.3. The Morgan fingerprint density at radius 2 is 1.73 bits per heavy atom. The Labute approximate surface area is 295 Å². The van der Waals surface area contributed by atoms with Gasteiger partial charge in [0.05, 0.1) is 19.3 Å². The lowest BCUT2D eigenvalue weighted by molar-refractivity contribution is -0.143. The molecule has 3 aliphatic carbocycles. The molecule has 7 rings (SSSR count). The molecule has 6 heteroatoms. The number of aryl methyl sites for hydroxylation is 1. The predicted octanol–water partition coefficient (Wildman–Crippen LogP) is 8.26. The summed E-state index contributed by atoms with van der Waals surface area (Å²) in [7, 11) is 1.76.